The molecule has 1 saturated heterocycles. The van der Waals surface area contributed by atoms with Crippen LogP contribution < -0.4 is 4.90 Å². The zero-order valence-electron chi connectivity index (χ0n) is 20.5. The average Bonchev–Trinajstić information content (AvgIpc) is 3.14. The summed E-state index contributed by atoms with van der Waals surface area (Å²) in [7, 11) is 0. The van der Waals surface area contributed by atoms with Crippen molar-refractivity contribution in [1.82, 2.24) is 9.47 Å². The second kappa shape index (κ2) is 10.4. The number of carbonyl (C=O) groups is 1. The second-order valence-corrected chi connectivity index (χ2v) is 10.4. The maximum absolute atomic E-state index is 12.1. The van der Waals surface area contributed by atoms with Crippen LogP contribution in [0.5, 0.6) is 0 Å². The molecular weight excluding hydrogens is 498 g/mol. The van der Waals surface area contributed by atoms with Crippen LogP contribution >= 0.6 is 15.9 Å². The number of aromatic nitrogens is 1. The smallest absolute Gasteiger partial charge is 0.159 e. The van der Waals surface area contributed by atoms with E-state index in [1.807, 2.05) is 6.07 Å². The highest BCUT2D eigenvalue weighted by atomic mass is 79.9. The summed E-state index contributed by atoms with van der Waals surface area (Å²) in [6.45, 7) is 10.0. The van der Waals surface area contributed by atoms with Crippen LogP contribution in [0.3, 0.4) is 0 Å². The quantitative estimate of drug-likeness (QED) is 0.262. The van der Waals surface area contributed by atoms with E-state index in [0.29, 0.717) is 0 Å². The number of nitrogens with zero attached hydrogens (tertiary/aromatic N) is 3. The number of hydrogen-bond acceptors (Lipinski definition) is 3. The van der Waals surface area contributed by atoms with Gasteiger partial charge in [-0.2, -0.15) is 0 Å². The summed E-state index contributed by atoms with van der Waals surface area (Å²) in [5.74, 6) is 0.119. The third-order valence-electron chi connectivity index (χ3n) is 7.29. The molecule has 0 radical (unpaired) electrons. The number of ketones is 1. The summed E-state index contributed by atoms with van der Waals surface area (Å²) >= 11 is 3.54. The zero-order chi connectivity index (χ0) is 24.4. The summed E-state index contributed by atoms with van der Waals surface area (Å²) in [4.78, 5) is 17.2. The molecule has 0 aliphatic carbocycles. The number of halogens is 1. The lowest BCUT2D eigenvalue weighted by molar-refractivity contribution is 0.101. The van der Waals surface area contributed by atoms with Crippen molar-refractivity contribution in [3.05, 3.63) is 99.7 Å². The average molecular weight is 531 g/mol. The lowest BCUT2D eigenvalue weighted by atomic mass is 10.0. The fourth-order valence-electron chi connectivity index (χ4n) is 5.20. The number of Topliss-reactive ketones (excluding diaryl/α,β-unsaturated/α-hetero) is 1. The molecule has 1 fully saturated rings. The number of fused-ring (bicyclic) bond motifs is 1. The number of para-hydroxylation sites is 1. The molecule has 35 heavy (non-hydrogen) atoms. The minimum absolute atomic E-state index is 0.119. The van der Waals surface area contributed by atoms with Crippen molar-refractivity contribution < 1.29 is 4.79 Å². The fourth-order valence-corrected chi connectivity index (χ4v) is 5.47. The van der Waals surface area contributed by atoms with Crippen LogP contribution in [0.2, 0.25) is 0 Å². The molecule has 1 aromatic heterocycles. The van der Waals surface area contributed by atoms with Crippen molar-refractivity contribution in [2.75, 3.05) is 37.6 Å². The molecule has 0 atom stereocenters. The predicted octanol–water partition coefficient (Wildman–Crippen LogP) is 6.33. The van der Waals surface area contributed by atoms with Crippen LogP contribution in [0.4, 0.5) is 5.69 Å². The van der Waals surface area contributed by atoms with Crippen molar-refractivity contribution in [2.45, 2.75) is 26.8 Å². The molecule has 180 valence electrons. The van der Waals surface area contributed by atoms with Gasteiger partial charge in [0, 0.05) is 71.6 Å². The Bertz CT molecular complexity index is 1320. The van der Waals surface area contributed by atoms with Crippen molar-refractivity contribution in [3.63, 3.8) is 0 Å². The maximum Gasteiger partial charge on any atom is 0.159 e. The molecule has 0 bridgehead atoms. The first kappa shape index (κ1) is 23.8. The highest BCUT2D eigenvalue weighted by Gasteiger charge is 2.20. The van der Waals surface area contributed by atoms with Crippen LogP contribution in [-0.2, 0) is 13.0 Å². The number of anilines is 1. The molecular formula is C30H32BrN3O. The normalized spacial score (nSPS) is 14.5. The fraction of sp³-hybridized carbons (Fsp3) is 0.300. The first-order chi connectivity index (χ1) is 17.0. The molecule has 5 heteroatoms. The molecule has 1 aliphatic heterocycles. The Morgan fingerprint density at radius 2 is 1.63 bits per heavy atom. The lowest BCUT2D eigenvalue weighted by Crippen LogP contribution is -2.47. The summed E-state index contributed by atoms with van der Waals surface area (Å²) in [6.07, 6.45) is 0.988. The van der Waals surface area contributed by atoms with Gasteiger partial charge in [-0.1, -0.05) is 46.3 Å². The minimum atomic E-state index is 0.119. The predicted molar refractivity (Wildman–Crippen MR) is 149 cm³/mol. The second-order valence-electron chi connectivity index (χ2n) is 9.48. The molecule has 5 rings (SSSR count). The van der Waals surface area contributed by atoms with Crippen molar-refractivity contribution in [1.29, 1.82) is 0 Å². The van der Waals surface area contributed by atoms with Crippen molar-refractivity contribution >= 4 is 38.3 Å². The number of hydrogen-bond donors (Lipinski definition) is 0. The summed E-state index contributed by atoms with van der Waals surface area (Å²) < 4.78 is 3.50. The third-order valence-corrected chi connectivity index (χ3v) is 7.81. The van der Waals surface area contributed by atoms with Gasteiger partial charge in [0.2, 0.25) is 0 Å². The summed E-state index contributed by atoms with van der Waals surface area (Å²) in [5.41, 5.74) is 7.25. The summed E-state index contributed by atoms with van der Waals surface area (Å²) in [6, 6.07) is 25.4. The molecule has 3 aromatic carbocycles. The number of rotatable bonds is 7. The van der Waals surface area contributed by atoms with Crippen LogP contribution in [-0.4, -0.2) is 48.0 Å². The molecule has 4 nitrogen and oxygen atoms in total. The van der Waals surface area contributed by atoms with Gasteiger partial charge in [-0.15, -0.1) is 0 Å². The van der Waals surface area contributed by atoms with E-state index >= 15 is 0 Å². The van der Waals surface area contributed by atoms with Gasteiger partial charge in [-0.25, -0.2) is 0 Å². The van der Waals surface area contributed by atoms with Gasteiger partial charge in [0.25, 0.3) is 0 Å². The molecule has 0 N–H and O–H groups in total. The van der Waals surface area contributed by atoms with Gasteiger partial charge >= 0.3 is 0 Å². The van der Waals surface area contributed by atoms with Gasteiger partial charge in [-0.05, 0) is 73.9 Å². The first-order valence-electron chi connectivity index (χ1n) is 12.4. The molecule has 2 heterocycles. The first-order valence-corrected chi connectivity index (χ1v) is 13.2. The van der Waals surface area contributed by atoms with E-state index in [4.69, 9.17) is 0 Å². The topological polar surface area (TPSA) is 28.5 Å². The Morgan fingerprint density at radius 3 is 2.31 bits per heavy atom. The summed E-state index contributed by atoms with van der Waals surface area (Å²) in [5, 5.41) is 1.22. The minimum Gasteiger partial charge on any atom is -0.369 e. The highest BCUT2D eigenvalue weighted by Crippen LogP contribution is 2.29. The Hall–Kier alpha value is -2.89. The SMILES string of the molecule is CC(=O)c1ccc2c(c1)c(CCN1CCN(c3ccccc3)CC1)c(C)n2Cc1ccc(Br)cc1. The molecule has 1 aliphatic rings. The largest absolute Gasteiger partial charge is 0.369 e. The van der Waals surface area contributed by atoms with Crippen LogP contribution in [0.1, 0.15) is 34.1 Å². The number of carbonyl (C=O) groups excluding carboxylic acids is 1. The monoisotopic (exact) mass is 529 g/mol. The standard InChI is InChI=1S/C30H32BrN3O/c1-22-28(14-15-32-16-18-33(19-17-32)27-6-4-3-5-7-27)29-20-25(23(2)35)10-13-30(29)34(22)21-24-8-11-26(31)12-9-24/h3-13,20H,14-19,21H2,1-2H3. The van der Waals surface area contributed by atoms with E-state index < -0.39 is 0 Å². The van der Waals surface area contributed by atoms with Gasteiger partial charge in [-0.3, -0.25) is 9.69 Å². The Morgan fingerprint density at radius 1 is 0.914 bits per heavy atom. The van der Waals surface area contributed by atoms with E-state index in [1.54, 1.807) is 6.92 Å². The van der Waals surface area contributed by atoms with Gasteiger partial charge < -0.3 is 9.47 Å². The van der Waals surface area contributed by atoms with Gasteiger partial charge in [0.05, 0.1) is 0 Å². The molecule has 0 unspecified atom stereocenters. The van der Waals surface area contributed by atoms with E-state index in [2.05, 4.69) is 104 Å². The molecule has 0 saturated carbocycles. The van der Waals surface area contributed by atoms with E-state index in [9.17, 15) is 4.79 Å². The van der Waals surface area contributed by atoms with Crippen LogP contribution in [0.15, 0.2) is 77.3 Å². The lowest BCUT2D eigenvalue weighted by Gasteiger charge is -2.36. The molecule has 0 spiro atoms. The van der Waals surface area contributed by atoms with E-state index in [0.717, 1.165) is 55.7 Å². The van der Waals surface area contributed by atoms with Gasteiger partial charge in [0.15, 0.2) is 5.78 Å². The van der Waals surface area contributed by atoms with E-state index in [1.165, 1.54) is 33.4 Å². The third kappa shape index (κ3) is 5.21. The van der Waals surface area contributed by atoms with E-state index in [-0.39, 0.29) is 5.78 Å². The Labute approximate surface area is 216 Å². The highest BCUT2D eigenvalue weighted by molar-refractivity contribution is 9.10. The van der Waals surface area contributed by atoms with Crippen molar-refractivity contribution in [3.8, 4) is 0 Å². The van der Waals surface area contributed by atoms with Gasteiger partial charge in [0.1, 0.15) is 0 Å². The molecule has 0 amide bonds. The zero-order valence-corrected chi connectivity index (χ0v) is 22.1. The van der Waals surface area contributed by atoms with Crippen molar-refractivity contribution in [2.24, 2.45) is 0 Å². The number of benzene rings is 3. The Kier molecular flexibility index (Phi) is 7.07. The van der Waals surface area contributed by atoms with Crippen LogP contribution in [0, 0.1) is 6.92 Å². The maximum atomic E-state index is 12.1. The Balaban J connectivity index is 1.36. The molecule has 4 aromatic rings. The number of piperazine rings is 1. The van der Waals surface area contributed by atoms with Crippen LogP contribution in [0.25, 0.3) is 10.9 Å².